The van der Waals surface area contributed by atoms with Crippen molar-refractivity contribution in [2.45, 2.75) is 104 Å². The van der Waals surface area contributed by atoms with Crippen molar-refractivity contribution in [2.75, 3.05) is 0 Å². The van der Waals surface area contributed by atoms with Crippen LogP contribution >= 0.6 is 23.5 Å². The molecule has 136 valence electrons. The summed E-state index contributed by atoms with van der Waals surface area (Å²) in [5.74, 6) is 0.269. The van der Waals surface area contributed by atoms with Crippen molar-refractivity contribution < 1.29 is 0 Å². The number of hydrogen-bond acceptors (Lipinski definition) is 5. The second kappa shape index (κ2) is 9.16. The van der Waals surface area contributed by atoms with Crippen LogP contribution in [-0.4, -0.2) is 33.1 Å². The van der Waals surface area contributed by atoms with Crippen LogP contribution in [0.15, 0.2) is 0 Å². The van der Waals surface area contributed by atoms with Gasteiger partial charge in [0.25, 0.3) is 0 Å². The van der Waals surface area contributed by atoms with Gasteiger partial charge in [0.05, 0.1) is 6.07 Å². The molecule has 3 nitrogen and oxygen atoms in total. The van der Waals surface area contributed by atoms with E-state index in [1.807, 2.05) is 0 Å². The van der Waals surface area contributed by atoms with Gasteiger partial charge in [-0.3, -0.25) is 0 Å². The summed E-state index contributed by atoms with van der Waals surface area (Å²) < 4.78 is 0. The van der Waals surface area contributed by atoms with Gasteiger partial charge in [0.1, 0.15) is 0 Å². The van der Waals surface area contributed by atoms with Crippen LogP contribution in [0.1, 0.15) is 70.6 Å². The Labute approximate surface area is 156 Å². The summed E-state index contributed by atoms with van der Waals surface area (Å²) in [7, 11) is 0. The number of nitrogens with two attached hydrogens (primary N) is 2. The van der Waals surface area contributed by atoms with Crippen LogP contribution in [0, 0.1) is 17.2 Å². The molecule has 0 aromatic carbocycles. The first-order valence-corrected chi connectivity index (χ1v) is 11.7. The lowest BCUT2D eigenvalue weighted by molar-refractivity contribution is 0.425. The Morgan fingerprint density at radius 2 is 1.04 bits per heavy atom. The molecule has 0 spiro atoms. The van der Waals surface area contributed by atoms with E-state index in [4.69, 9.17) is 11.5 Å². The summed E-state index contributed by atoms with van der Waals surface area (Å²) >= 11 is 4.38. The van der Waals surface area contributed by atoms with Crippen molar-refractivity contribution in [3.05, 3.63) is 0 Å². The maximum atomic E-state index is 9.51. The van der Waals surface area contributed by atoms with E-state index in [2.05, 4.69) is 29.6 Å². The first-order chi connectivity index (χ1) is 11.6. The van der Waals surface area contributed by atoms with Gasteiger partial charge in [-0.15, -0.1) is 0 Å². The molecule has 0 aromatic heterocycles. The van der Waals surface area contributed by atoms with Crippen LogP contribution in [0.4, 0.5) is 0 Å². The molecule has 0 amide bonds. The maximum Gasteiger partial charge on any atom is 0.0656 e. The minimum atomic E-state index is 0.269. The third kappa shape index (κ3) is 5.56. The second-order valence-corrected chi connectivity index (χ2v) is 11.3. The SMILES string of the molecule is N#CC1CC(SC2CCC(N)CC2)CC(SC2CCC(N)CC2)C1. The highest BCUT2D eigenvalue weighted by Crippen LogP contribution is 2.44. The summed E-state index contributed by atoms with van der Waals surface area (Å²) in [4.78, 5) is 0. The number of nitrogens with zero attached hydrogens (tertiary/aromatic N) is 1. The van der Waals surface area contributed by atoms with Crippen LogP contribution in [0.2, 0.25) is 0 Å². The van der Waals surface area contributed by atoms with Gasteiger partial charge in [-0.2, -0.15) is 28.8 Å². The first-order valence-electron chi connectivity index (χ1n) is 9.84. The minimum Gasteiger partial charge on any atom is -0.328 e. The molecule has 0 aliphatic heterocycles. The standard InChI is InChI=1S/C19H33N3S2/c20-12-13-9-18(23-16-5-1-14(21)2-6-16)11-19(10-13)24-17-7-3-15(22)4-8-17/h13-19H,1-11,21-22H2. The molecule has 3 aliphatic carbocycles. The predicted molar refractivity (Wildman–Crippen MR) is 106 cm³/mol. The second-order valence-electron chi connectivity index (χ2n) is 8.12. The Balaban J connectivity index is 1.49. The van der Waals surface area contributed by atoms with Crippen molar-refractivity contribution in [3.8, 4) is 6.07 Å². The molecule has 2 unspecified atom stereocenters. The number of hydrogen-bond donors (Lipinski definition) is 2. The molecule has 0 aromatic rings. The molecule has 3 rings (SSSR count). The topological polar surface area (TPSA) is 75.8 Å². The van der Waals surface area contributed by atoms with Gasteiger partial charge in [0.15, 0.2) is 0 Å². The largest absolute Gasteiger partial charge is 0.328 e. The summed E-state index contributed by atoms with van der Waals surface area (Å²) in [6.07, 6.45) is 13.4. The first kappa shape index (κ1) is 18.9. The Hall–Kier alpha value is 0.110. The highest BCUT2D eigenvalue weighted by Gasteiger charge is 2.33. The monoisotopic (exact) mass is 367 g/mol. The number of nitriles is 1. The number of thioether (sulfide) groups is 2. The van der Waals surface area contributed by atoms with Crippen molar-refractivity contribution in [1.82, 2.24) is 0 Å². The Bertz CT molecular complexity index is 391. The highest BCUT2D eigenvalue weighted by atomic mass is 32.2. The van der Waals surface area contributed by atoms with Crippen molar-refractivity contribution in [2.24, 2.45) is 17.4 Å². The molecule has 0 heterocycles. The van der Waals surface area contributed by atoms with E-state index in [-0.39, 0.29) is 5.92 Å². The van der Waals surface area contributed by atoms with Crippen molar-refractivity contribution in [1.29, 1.82) is 5.26 Å². The van der Waals surface area contributed by atoms with E-state index in [0.717, 1.165) is 23.3 Å². The molecule has 24 heavy (non-hydrogen) atoms. The van der Waals surface area contributed by atoms with E-state index >= 15 is 0 Å². The lowest BCUT2D eigenvalue weighted by Crippen LogP contribution is -2.33. The van der Waals surface area contributed by atoms with Crippen molar-refractivity contribution >= 4 is 23.5 Å². The molecule has 5 heteroatoms. The fraction of sp³-hybridized carbons (Fsp3) is 0.947. The summed E-state index contributed by atoms with van der Waals surface area (Å²) in [6, 6.07) is 3.45. The quantitative estimate of drug-likeness (QED) is 0.784. The van der Waals surface area contributed by atoms with Crippen molar-refractivity contribution in [3.63, 3.8) is 0 Å². The molecule has 0 bridgehead atoms. The van der Waals surface area contributed by atoms with Crippen LogP contribution in [-0.2, 0) is 0 Å². The zero-order valence-electron chi connectivity index (χ0n) is 14.7. The van der Waals surface area contributed by atoms with E-state index in [1.165, 1.54) is 57.8 Å². The summed E-state index contributed by atoms with van der Waals surface area (Å²) in [6.45, 7) is 0. The average Bonchev–Trinajstić information content (AvgIpc) is 2.59. The van der Waals surface area contributed by atoms with Crippen LogP contribution < -0.4 is 11.5 Å². The Morgan fingerprint density at radius 1 is 0.625 bits per heavy atom. The lowest BCUT2D eigenvalue weighted by Gasteiger charge is -2.37. The number of rotatable bonds is 4. The average molecular weight is 368 g/mol. The fourth-order valence-corrected chi connectivity index (χ4v) is 8.21. The molecule has 0 saturated heterocycles. The molecular formula is C19H33N3S2. The van der Waals surface area contributed by atoms with Crippen LogP contribution in [0.3, 0.4) is 0 Å². The molecular weight excluding hydrogens is 334 g/mol. The Kier molecular flexibility index (Phi) is 7.21. The van der Waals surface area contributed by atoms with Crippen LogP contribution in [0.25, 0.3) is 0 Å². The summed E-state index contributed by atoms with van der Waals surface area (Å²) in [5, 5.41) is 12.4. The van der Waals surface area contributed by atoms with Gasteiger partial charge in [0, 0.05) is 39.0 Å². The van der Waals surface area contributed by atoms with Crippen LogP contribution in [0.5, 0.6) is 0 Å². The smallest absolute Gasteiger partial charge is 0.0656 e. The predicted octanol–water partition coefficient (Wildman–Crippen LogP) is 4.05. The lowest BCUT2D eigenvalue weighted by atomic mass is 9.89. The molecule has 3 saturated carbocycles. The van der Waals surface area contributed by atoms with E-state index in [1.54, 1.807) is 0 Å². The van der Waals surface area contributed by atoms with Gasteiger partial charge < -0.3 is 11.5 Å². The van der Waals surface area contributed by atoms with Gasteiger partial charge in [-0.25, -0.2) is 0 Å². The van der Waals surface area contributed by atoms with Gasteiger partial charge >= 0.3 is 0 Å². The normalized spacial score (nSPS) is 44.0. The van der Waals surface area contributed by atoms with Gasteiger partial charge in [-0.1, -0.05) is 0 Å². The third-order valence-electron chi connectivity index (χ3n) is 6.01. The zero-order valence-corrected chi connectivity index (χ0v) is 16.4. The fourth-order valence-electron chi connectivity index (χ4n) is 4.54. The molecule has 3 fully saturated rings. The van der Waals surface area contributed by atoms with E-state index in [0.29, 0.717) is 22.6 Å². The van der Waals surface area contributed by atoms with E-state index < -0.39 is 0 Å². The zero-order chi connectivity index (χ0) is 16.9. The summed E-state index contributed by atoms with van der Waals surface area (Å²) in [5.41, 5.74) is 12.1. The highest BCUT2D eigenvalue weighted by molar-refractivity contribution is 8.01. The minimum absolute atomic E-state index is 0.269. The molecule has 2 atom stereocenters. The van der Waals surface area contributed by atoms with Gasteiger partial charge in [0.2, 0.25) is 0 Å². The Morgan fingerprint density at radius 3 is 1.42 bits per heavy atom. The van der Waals surface area contributed by atoms with Gasteiger partial charge in [-0.05, 0) is 70.6 Å². The third-order valence-corrected chi connectivity index (χ3v) is 9.26. The molecule has 3 aliphatic rings. The molecule has 0 radical (unpaired) electrons. The molecule has 4 N–H and O–H groups in total. The maximum absolute atomic E-state index is 9.51. The van der Waals surface area contributed by atoms with E-state index in [9.17, 15) is 5.26 Å².